The van der Waals surface area contributed by atoms with Crippen LogP contribution in [0.25, 0.3) is 5.52 Å². The van der Waals surface area contributed by atoms with Crippen LogP contribution in [0.15, 0.2) is 41.7 Å². The lowest BCUT2D eigenvalue weighted by atomic mass is 10.1. The predicted octanol–water partition coefficient (Wildman–Crippen LogP) is 1.39. The number of fused-ring (bicyclic) bond motifs is 1. The number of methoxy groups -OCH3 is 1. The van der Waals surface area contributed by atoms with Gasteiger partial charge in [-0.3, -0.25) is 19.4 Å². The number of rotatable bonds is 9. The molecule has 2 amide bonds. The molecule has 0 bridgehead atoms. The number of nitrogens with two attached hydrogens (primary N) is 1. The molecule has 14 heteroatoms. The van der Waals surface area contributed by atoms with Gasteiger partial charge >= 0.3 is 5.91 Å². The summed E-state index contributed by atoms with van der Waals surface area (Å²) in [5.74, 6) is 5.67. The van der Waals surface area contributed by atoms with E-state index in [1.165, 1.54) is 21.1 Å². The van der Waals surface area contributed by atoms with E-state index in [0.717, 1.165) is 18.4 Å². The van der Waals surface area contributed by atoms with Crippen molar-refractivity contribution in [3.63, 3.8) is 0 Å². The number of benzene rings is 1. The van der Waals surface area contributed by atoms with E-state index in [9.17, 15) is 18.0 Å². The number of nitrogens with one attached hydrogen (secondary N) is 1. The molecule has 3 heterocycles. The van der Waals surface area contributed by atoms with Gasteiger partial charge in [0.15, 0.2) is 10.8 Å². The molecule has 1 saturated heterocycles. The molecule has 0 atom stereocenters. The Morgan fingerprint density at radius 1 is 1.15 bits per heavy atom. The van der Waals surface area contributed by atoms with Crippen molar-refractivity contribution in [1.29, 1.82) is 0 Å². The number of nitrogens with zero attached hydrogens (tertiary/aromatic N) is 6. The van der Waals surface area contributed by atoms with Crippen LogP contribution < -0.4 is 20.9 Å². The van der Waals surface area contributed by atoms with E-state index in [4.69, 9.17) is 10.6 Å². The molecule has 0 radical (unpaired) electrons. The van der Waals surface area contributed by atoms with Gasteiger partial charge in [0.25, 0.3) is 10.0 Å². The molecule has 0 unspecified atom stereocenters. The lowest BCUT2D eigenvalue weighted by Crippen LogP contribution is -2.50. The highest BCUT2D eigenvalue weighted by molar-refractivity contribution is 7.89. The minimum absolute atomic E-state index is 0.0597. The molecule has 5 rings (SSSR count). The molecule has 2 fully saturated rings. The van der Waals surface area contributed by atoms with E-state index in [1.807, 2.05) is 37.8 Å². The second-order valence-corrected chi connectivity index (χ2v) is 12.8. The van der Waals surface area contributed by atoms with Crippen molar-refractivity contribution in [1.82, 2.24) is 29.0 Å². The number of aromatic nitrogens is 3. The average Bonchev–Trinajstić information content (AvgIpc) is 3.57. The van der Waals surface area contributed by atoms with Gasteiger partial charge in [-0.2, -0.15) is 4.31 Å². The zero-order valence-electron chi connectivity index (χ0n) is 23.7. The van der Waals surface area contributed by atoms with Crippen LogP contribution in [-0.4, -0.2) is 82.6 Å². The third-order valence-corrected chi connectivity index (χ3v) is 9.69. The summed E-state index contributed by atoms with van der Waals surface area (Å²) >= 11 is 0. The van der Waals surface area contributed by atoms with Crippen LogP contribution in [0, 0.1) is 5.92 Å². The number of hydrogen-bond donors (Lipinski definition) is 2. The zero-order valence-corrected chi connectivity index (χ0v) is 24.5. The predicted molar refractivity (Wildman–Crippen MR) is 152 cm³/mol. The molecule has 41 heavy (non-hydrogen) atoms. The van der Waals surface area contributed by atoms with Crippen molar-refractivity contribution in [2.24, 2.45) is 11.8 Å². The van der Waals surface area contributed by atoms with Crippen LogP contribution >= 0.6 is 0 Å². The molecule has 2 aromatic heterocycles. The summed E-state index contributed by atoms with van der Waals surface area (Å²) < 4.78 is 36.8. The first-order valence-electron chi connectivity index (χ1n) is 13.6. The molecule has 1 aliphatic carbocycles. The number of imidazole rings is 1. The summed E-state index contributed by atoms with van der Waals surface area (Å²) in [6.07, 6.45) is 4.24. The summed E-state index contributed by atoms with van der Waals surface area (Å²) in [7, 11) is -2.56. The van der Waals surface area contributed by atoms with Crippen molar-refractivity contribution in [3.05, 3.63) is 48.0 Å². The number of amides is 2. The molecule has 220 valence electrons. The Morgan fingerprint density at radius 2 is 1.80 bits per heavy atom. The fourth-order valence-corrected chi connectivity index (χ4v) is 6.81. The summed E-state index contributed by atoms with van der Waals surface area (Å²) in [6, 6.07) is 7.27. The first-order chi connectivity index (χ1) is 19.5. The molecular formula is C27H36N8O5S. The molecule has 0 spiro atoms. The summed E-state index contributed by atoms with van der Waals surface area (Å²) in [5, 5.41) is -0.202. The maximum atomic E-state index is 14.3. The first kappa shape index (κ1) is 28.8. The van der Waals surface area contributed by atoms with Crippen LogP contribution in [0.5, 0.6) is 5.75 Å². The van der Waals surface area contributed by atoms with E-state index in [2.05, 4.69) is 15.4 Å². The van der Waals surface area contributed by atoms with Crippen LogP contribution in [-0.2, 0) is 21.4 Å². The van der Waals surface area contributed by atoms with E-state index < -0.39 is 21.5 Å². The Kier molecular flexibility index (Phi) is 7.66. The normalized spacial score (nSPS) is 16.9. The standard InChI is InChI=1S/C27H36N8O5S/c1-18(2)26(37)33-13-11-32(12-14-33)23-21-15-29-24(25(36)31-28)34(21)17-22(30-23)41(38,39)35(27(3)9-10-27)16-19-5-7-20(40-4)8-6-19/h5-8,15,17-18H,9-14,16,28H2,1-4H3,(H,31,36). The fourth-order valence-electron chi connectivity index (χ4n) is 5.06. The molecule has 3 aromatic rings. The largest absolute Gasteiger partial charge is 0.497 e. The SMILES string of the molecule is COc1ccc(CN(C2(C)CC2)S(=O)(=O)c2cn3c(C(=O)NN)ncc3c(N3CCN(C(=O)C(C)C)CC3)n2)cc1. The van der Waals surface area contributed by atoms with Crippen LogP contribution in [0.1, 0.15) is 49.8 Å². The first-order valence-corrected chi connectivity index (χ1v) is 15.0. The number of nitrogen functional groups attached to an aromatic ring is 1. The monoisotopic (exact) mass is 584 g/mol. The Morgan fingerprint density at radius 3 is 2.37 bits per heavy atom. The highest BCUT2D eigenvalue weighted by Gasteiger charge is 2.50. The zero-order chi connectivity index (χ0) is 29.5. The molecule has 2 aliphatic rings. The van der Waals surface area contributed by atoms with Crippen LogP contribution in [0.3, 0.4) is 0 Å². The van der Waals surface area contributed by atoms with E-state index in [0.29, 0.717) is 43.3 Å². The number of hydrazine groups is 1. The van der Waals surface area contributed by atoms with Gasteiger partial charge in [-0.05, 0) is 37.5 Å². The molecule has 1 aromatic carbocycles. The van der Waals surface area contributed by atoms with Gasteiger partial charge in [0.05, 0.1) is 19.5 Å². The van der Waals surface area contributed by atoms with E-state index in [1.54, 1.807) is 24.1 Å². The van der Waals surface area contributed by atoms with Gasteiger partial charge in [-0.25, -0.2) is 24.2 Å². The highest BCUT2D eigenvalue weighted by atomic mass is 32.2. The number of carbonyl (C=O) groups excluding carboxylic acids is 2. The van der Waals surface area contributed by atoms with Gasteiger partial charge in [-0.1, -0.05) is 26.0 Å². The third-order valence-electron chi connectivity index (χ3n) is 7.82. The lowest BCUT2D eigenvalue weighted by molar-refractivity contribution is -0.134. The minimum Gasteiger partial charge on any atom is -0.497 e. The third kappa shape index (κ3) is 5.46. The minimum atomic E-state index is -4.14. The second-order valence-electron chi connectivity index (χ2n) is 11.0. The highest BCUT2D eigenvalue weighted by Crippen LogP contribution is 2.45. The number of anilines is 1. The number of hydrogen-bond acceptors (Lipinski definition) is 9. The topological polar surface area (TPSA) is 155 Å². The van der Waals surface area contributed by atoms with Crippen molar-refractivity contribution in [3.8, 4) is 5.75 Å². The van der Waals surface area contributed by atoms with Crippen LogP contribution in [0.4, 0.5) is 5.82 Å². The lowest BCUT2D eigenvalue weighted by Gasteiger charge is -2.36. The Balaban J connectivity index is 1.56. The van der Waals surface area contributed by atoms with Crippen molar-refractivity contribution in [2.75, 3.05) is 38.2 Å². The van der Waals surface area contributed by atoms with Gasteiger partial charge in [-0.15, -0.1) is 0 Å². The van der Waals surface area contributed by atoms with Gasteiger partial charge < -0.3 is 14.5 Å². The quantitative estimate of drug-likeness (QED) is 0.216. The maximum Gasteiger partial charge on any atom is 0.301 e. The number of carbonyl (C=O) groups is 2. The summed E-state index contributed by atoms with van der Waals surface area (Å²) in [4.78, 5) is 37.7. The van der Waals surface area contributed by atoms with Crippen molar-refractivity contribution >= 4 is 33.2 Å². The van der Waals surface area contributed by atoms with E-state index >= 15 is 0 Å². The van der Waals surface area contributed by atoms with E-state index in [-0.39, 0.29) is 29.2 Å². The Labute approximate surface area is 239 Å². The fraction of sp³-hybridized carbons (Fsp3) is 0.481. The number of ether oxygens (including phenoxy) is 1. The van der Waals surface area contributed by atoms with Crippen LogP contribution in [0.2, 0.25) is 0 Å². The average molecular weight is 585 g/mol. The second kappa shape index (κ2) is 10.9. The van der Waals surface area contributed by atoms with Gasteiger partial charge in [0.2, 0.25) is 11.7 Å². The van der Waals surface area contributed by atoms with Gasteiger partial charge in [0, 0.05) is 44.2 Å². The molecule has 1 aliphatic heterocycles. The Hall–Kier alpha value is -3.75. The summed E-state index contributed by atoms with van der Waals surface area (Å²) in [5.41, 5.74) is 2.78. The number of sulfonamides is 1. The van der Waals surface area contributed by atoms with Gasteiger partial charge in [0.1, 0.15) is 11.3 Å². The van der Waals surface area contributed by atoms with Crippen molar-refractivity contribution in [2.45, 2.75) is 50.7 Å². The molecular weight excluding hydrogens is 548 g/mol. The smallest absolute Gasteiger partial charge is 0.301 e. The molecule has 3 N–H and O–H groups in total. The molecule has 13 nitrogen and oxygen atoms in total. The molecule has 1 saturated carbocycles. The summed E-state index contributed by atoms with van der Waals surface area (Å²) in [6.45, 7) is 7.62. The maximum absolute atomic E-state index is 14.3. The number of piperazine rings is 1. The Bertz CT molecular complexity index is 1560. The van der Waals surface area contributed by atoms with Crippen molar-refractivity contribution < 1.29 is 22.7 Å².